The molecule has 1 aromatic heterocycles. The highest BCUT2D eigenvalue weighted by Crippen LogP contribution is 2.22. The predicted octanol–water partition coefficient (Wildman–Crippen LogP) is 0.646. The molecule has 1 N–H and O–H groups in total. The van der Waals surface area contributed by atoms with Gasteiger partial charge in [-0.2, -0.15) is 0 Å². The van der Waals surface area contributed by atoms with Gasteiger partial charge in [-0.05, 0) is 6.07 Å². The van der Waals surface area contributed by atoms with Gasteiger partial charge in [-0.3, -0.25) is 0 Å². The summed E-state index contributed by atoms with van der Waals surface area (Å²) in [5.41, 5.74) is 1.70. The van der Waals surface area contributed by atoms with Crippen LogP contribution in [-0.4, -0.2) is 29.8 Å². The van der Waals surface area contributed by atoms with Crippen molar-refractivity contribution in [2.24, 2.45) is 0 Å². The summed E-state index contributed by atoms with van der Waals surface area (Å²) in [5, 5.41) is 9.52. The van der Waals surface area contributed by atoms with Crippen molar-refractivity contribution in [3.63, 3.8) is 0 Å². The van der Waals surface area contributed by atoms with Gasteiger partial charge in [-0.15, -0.1) is 0 Å². The molecule has 0 atom stereocenters. The number of nitrogens with zero attached hydrogens (tertiary/aromatic N) is 1. The Hall–Kier alpha value is -1.62. The predicted molar refractivity (Wildman–Crippen MR) is 50.6 cm³/mol. The number of aromatic nitrogens is 1. The average molecular weight is 209 g/mol. The molecule has 0 bridgehead atoms. The molecule has 1 aliphatic heterocycles. The number of methoxy groups -OCH3 is 1. The fraction of sp³-hybridized carbons (Fsp3) is 0.400. The number of pyridine rings is 1. The standard InChI is InChI=1S/C10H11NO4/c1-14-10(13)7-4-6-5-15-3-2-8(6)11-9(7)12/h4H,2-3,5H2,1H3,(H,11,12). The SMILES string of the molecule is COC(=O)c1cc2c(nc1O)CCOC2. The lowest BCUT2D eigenvalue weighted by Crippen LogP contribution is -2.14. The Kier molecular flexibility index (Phi) is 2.55. The second kappa shape index (κ2) is 3.86. The van der Waals surface area contributed by atoms with E-state index in [-0.39, 0.29) is 11.4 Å². The molecule has 0 saturated carbocycles. The van der Waals surface area contributed by atoms with E-state index in [0.717, 1.165) is 11.3 Å². The van der Waals surface area contributed by atoms with Crippen molar-refractivity contribution in [1.29, 1.82) is 0 Å². The van der Waals surface area contributed by atoms with Crippen molar-refractivity contribution < 1.29 is 19.4 Å². The van der Waals surface area contributed by atoms with Gasteiger partial charge in [-0.1, -0.05) is 0 Å². The Morgan fingerprint density at radius 3 is 3.20 bits per heavy atom. The van der Waals surface area contributed by atoms with Crippen molar-refractivity contribution >= 4 is 5.97 Å². The number of hydrogen-bond acceptors (Lipinski definition) is 5. The maximum atomic E-state index is 11.3. The molecule has 1 aliphatic rings. The number of fused-ring (bicyclic) bond motifs is 1. The Labute approximate surface area is 86.7 Å². The second-order valence-electron chi connectivity index (χ2n) is 3.26. The molecule has 5 nitrogen and oxygen atoms in total. The van der Waals surface area contributed by atoms with E-state index in [1.54, 1.807) is 6.07 Å². The minimum atomic E-state index is -0.589. The molecule has 0 amide bonds. The van der Waals surface area contributed by atoms with E-state index in [1.807, 2.05) is 0 Å². The minimum Gasteiger partial charge on any atom is -0.493 e. The molecule has 5 heteroatoms. The highest BCUT2D eigenvalue weighted by Gasteiger charge is 2.19. The molecule has 0 saturated heterocycles. The van der Waals surface area contributed by atoms with Crippen LogP contribution in [0.25, 0.3) is 0 Å². The smallest absolute Gasteiger partial charge is 0.343 e. The van der Waals surface area contributed by atoms with E-state index < -0.39 is 5.97 Å². The summed E-state index contributed by atoms with van der Waals surface area (Å²) in [6.45, 7) is 1.02. The van der Waals surface area contributed by atoms with Crippen LogP contribution < -0.4 is 0 Å². The third-order valence-electron chi connectivity index (χ3n) is 2.32. The van der Waals surface area contributed by atoms with Gasteiger partial charge in [0.2, 0.25) is 5.88 Å². The average Bonchev–Trinajstić information content (AvgIpc) is 2.27. The lowest BCUT2D eigenvalue weighted by atomic mass is 10.1. The molecule has 2 rings (SSSR count). The van der Waals surface area contributed by atoms with Crippen molar-refractivity contribution in [2.75, 3.05) is 13.7 Å². The zero-order chi connectivity index (χ0) is 10.8. The maximum absolute atomic E-state index is 11.3. The molecule has 0 aliphatic carbocycles. The number of hydrogen-bond donors (Lipinski definition) is 1. The number of carbonyl (C=O) groups excluding carboxylic acids is 1. The Bertz CT molecular complexity index is 403. The summed E-state index contributed by atoms with van der Waals surface area (Å²) in [4.78, 5) is 15.2. The van der Waals surface area contributed by atoms with E-state index in [0.29, 0.717) is 19.6 Å². The molecule has 1 aromatic rings. The normalized spacial score (nSPS) is 14.5. The number of carbonyl (C=O) groups is 1. The first-order chi connectivity index (χ1) is 7.22. The molecule has 0 spiro atoms. The van der Waals surface area contributed by atoms with E-state index in [9.17, 15) is 9.90 Å². The molecule has 0 fully saturated rings. The molecule has 80 valence electrons. The molecule has 15 heavy (non-hydrogen) atoms. The number of rotatable bonds is 1. The highest BCUT2D eigenvalue weighted by molar-refractivity contribution is 5.91. The zero-order valence-corrected chi connectivity index (χ0v) is 8.32. The molecular formula is C10H11NO4. The molecule has 2 heterocycles. The summed E-state index contributed by atoms with van der Waals surface area (Å²) in [6, 6.07) is 1.57. The summed E-state index contributed by atoms with van der Waals surface area (Å²) in [6.07, 6.45) is 0.657. The first-order valence-electron chi connectivity index (χ1n) is 4.60. The van der Waals surface area contributed by atoms with Crippen LogP contribution in [0.15, 0.2) is 6.07 Å². The fourth-order valence-electron chi connectivity index (χ4n) is 1.53. The van der Waals surface area contributed by atoms with Crippen LogP contribution >= 0.6 is 0 Å². The number of aromatic hydroxyl groups is 1. The van der Waals surface area contributed by atoms with E-state index >= 15 is 0 Å². The van der Waals surface area contributed by atoms with Crippen molar-refractivity contribution in [2.45, 2.75) is 13.0 Å². The van der Waals surface area contributed by atoms with Gasteiger partial charge in [0.15, 0.2) is 0 Å². The quantitative estimate of drug-likeness (QED) is 0.687. The third kappa shape index (κ3) is 1.78. The van der Waals surface area contributed by atoms with Crippen LogP contribution in [0.3, 0.4) is 0 Å². The summed E-state index contributed by atoms with van der Waals surface area (Å²) in [7, 11) is 1.26. The first kappa shape index (κ1) is 9.92. The largest absolute Gasteiger partial charge is 0.493 e. The molecule has 0 aromatic carbocycles. The van der Waals surface area contributed by atoms with Crippen LogP contribution in [0.2, 0.25) is 0 Å². The van der Waals surface area contributed by atoms with Gasteiger partial charge < -0.3 is 14.6 Å². The van der Waals surface area contributed by atoms with Gasteiger partial charge in [0.1, 0.15) is 5.56 Å². The van der Waals surface area contributed by atoms with Gasteiger partial charge in [-0.25, -0.2) is 9.78 Å². The lowest BCUT2D eigenvalue weighted by Gasteiger charge is -2.16. The van der Waals surface area contributed by atoms with Crippen LogP contribution in [0, 0.1) is 0 Å². The molecule has 0 unspecified atom stereocenters. The van der Waals surface area contributed by atoms with Crippen LogP contribution in [0.1, 0.15) is 21.6 Å². The van der Waals surface area contributed by atoms with E-state index in [4.69, 9.17) is 4.74 Å². The lowest BCUT2D eigenvalue weighted by molar-refractivity contribution is 0.0595. The van der Waals surface area contributed by atoms with Crippen molar-refractivity contribution in [1.82, 2.24) is 4.98 Å². The first-order valence-corrected chi connectivity index (χ1v) is 4.60. The van der Waals surface area contributed by atoms with Crippen LogP contribution in [0.4, 0.5) is 0 Å². The third-order valence-corrected chi connectivity index (χ3v) is 2.32. The summed E-state index contributed by atoms with van der Waals surface area (Å²) >= 11 is 0. The van der Waals surface area contributed by atoms with Gasteiger partial charge >= 0.3 is 5.97 Å². The van der Waals surface area contributed by atoms with Crippen molar-refractivity contribution in [3.05, 3.63) is 22.9 Å². The Morgan fingerprint density at radius 1 is 1.67 bits per heavy atom. The Morgan fingerprint density at radius 2 is 2.47 bits per heavy atom. The van der Waals surface area contributed by atoms with Crippen LogP contribution in [0.5, 0.6) is 5.88 Å². The van der Waals surface area contributed by atoms with Crippen molar-refractivity contribution in [3.8, 4) is 5.88 Å². The Balaban J connectivity index is 2.44. The fourth-order valence-corrected chi connectivity index (χ4v) is 1.53. The zero-order valence-electron chi connectivity index (χ0n) is 8.32. The molecule has 0 radical (unpaired) electrons. The van der Waals surface area contributed by atoms with Gasteiger partial charge in [0.05, 0.1) is 26.0 Å². The maximum Gasteiger partial charge on any atom is 0.343 e. The summed E-state index contributed by atoms with van der Waals surface area (Å²) < 4.78 is 9.76. The molecular weight excluding hydrogens is 198 g/mol. The highest BCUT2D eigenvalue weighted by atomic mass is 16.5. The van der Waals surface area contributed by atoms with Crippen LogP contribution in [-0.2, 0) is 22.5 Å². The van der Waals surface area contributed by atoms with Gasteiger partial charge in [0.25, 0.3) is 0 Å². The number of ether oxygens (including phenoxy) is 2. The number of esters is 1. The van der Waals surface area contributed by atoms with Gasteiger partial charge in [0, 0.05) is 12.0 Å². The van der Waals surface area contributed by atoms with E-state index in [1.165, 1.54) is 7.11 Å². The minimum absolute atomic E-state index is 0.0850. The summed E-state index contributed by atoms with van der Waals surface area (Å²) in [5.74, 6) is -0.865. The monoisotopic (exact) mass is 209 g/mol. The second-order valence-corrected chi connectivity index (χ2v) is 3.26. The topological polar surface area (TPSA) is 68.7 Å². The van der Waals surface area contributed by atoms with E-state index in [2.05, 4.69) is 9.72 Å².